The highest BCUT2D eigenvalue weighted by Gasteiger charge is 2.18. The lowest BCUT2D eigenvalue weighted by Gasteiger charge is -2.05. The Bertz CT molecular complexity index is 321. The summed E-state index contributed by atoms with van der Waals surface area (Å²) < 4.78 is 24.7. The summed E-state index contributed by atoms with van der Waals surface area (Å²) in [6.07, 6.45) is 1.75. The third-order valence-corrected chi connectivity index (χ3v) is 3.05. The fraction of sp³-hybridized carbons (Fsp3) is 0.625. The normalized spacial score (nSPS) is 13.1. The molecule has 0 aliphatic heterocycles. The standard InChI is InChI=1S/C8H14N2O2S/c1-7(2)4-5-10-13(11,12)8(3)6-9/h4,8,10H,5H2,1-3H3. The summed E-state index contributed by atoms with van der Waals surface area (Å²) in [5.41, 5.74) is 1.03. The van der Waals surface area contributed by atoms with E-state index < -0.39 is 15.3 Å². The minimum absolute atomic E-state index is 0.247. The summed E-state index contributed by atoms with van der Waals surface area (Å²) in [6.45, 7) is 5.35. The third kappa shape index (κ3) is 4.65. The van der Waals surface area contributed by atoms with E-state index in [-0.39, 0.29) is 6.54 Å². The fourth-order valence-electron chi connectivity index (χ4n) is 0.556. The number of sulfonamides is 1. The Morgan fingerprint density at radius 2 is 2.15 bits per heavy atom. The molecule has 5 heteroatoms. The minimum atomic E-state index is -3.46. The number of nitrogens with one attached hydrogen (secondary N) is 1. The lowest BCUT2D eigenvalue weighted by Crippen LogP contribution is -2.31. The van der Waals surface area contributed by atoms with Crippen LogP contribution in [-0.2, 0) is 10.0 Å². The van der Waals surface area contributed by atoms with Gasteiger partial charge in [0.1, 0.15) is 0 Å². The molecule has 0 aromatic heterocycles. The van der Waals surface area contributed by atoms with Gasteiger partial charge in [-0.05, 0) is 20.8 Å². The van der Waals surface area contributed by atoms with Crippen molar-refractivity contribution in [2.75, 3.05) is 6.54 Å². The van der Waals surface area contributed by atoms with Crippen molar-refractivity contribution in [1.29, 1.82) is 5.26 Å². The molecule has 74 valence electrons. The number of allylic oxidation sites excluding steroid dienone is 1. The fourth-order valence-corrected chi connectivity index (χ4v) is 1.26. The average Bonchev–Trinajstić information content (AvgIpc) is 2.01. The van der Waals surface area contributed by atoms with Crippen LogP contribution in [0.1, 0.15) is 20.8 Å². The van der Waals surface area contributed by atoms with Gasteiger partial charge in [0.15, 0.2) is 5.25 Å². The number of nitriles is 1. The van der Waals surface area contributed by atoms with Crippen LogP contribution in [-0.4, -0.2) is 20.2 Å². The molecule has 1 atom stereocenters. The monoisotopic (exact) mass is 202 g/mol. The van der Waals surface area contributed by atoms with Crippen LogP contribution in [0.4, 0.5) is 0 Å². The summed E-state index contributed by atoms with van der Waals surface area (Å²) in [5.74, 6) is 0. The Hall–Kier alpha value is -0.860. The number of rotatable bonds is 4. The number of hydrogen-bond donors (Lipinski definition) is 1. The van der Waals surface area contributed by atoms with E-state index in [4.69, 9.17) is 5.26 Å². The van der Waals surface area contributed by atoms with Crippen molar-refractivity contribution in [2.24, 2.45) is 0 Å². The van der Waals surface area contributed by atoms with Gasteiger partial charge in [-0.15, -0.1) is 0 Å². The molecule has 1 N–H and O–H groups in total. The lowest BCUT2D eigenvalue weighted by molar-refractivity contribution is 0.581. The Morgan fingerprint density at radius 1 is 1.62 bits per heavy atom. The van der Waals surface area contributed by atoms with Crippen molar-refractivity contribution in [3.63, 3.8) is 0 Å². The molecule has 0 fully saturated rings. The van der Waals surface area contributed by atoms with Crippen molar-refractivity contribution in [1.82, 2.24) is 4.72 Å². The molecule has 0 aromatic rings. The molecule has 0 saturated heterocycles. The molecule has 13 heavy (non-hydrogen) atoms. The van der Waals surface area contributed by atoms with E-state index in [0.29, 0.717) is 0 Å². The second-order valence-electron chi connectivity index (χ2n) is 2.95. The maximum absolute atomic E-state index is 11.2. The molecular formula is C8H14N2O2S. The highest BCUT2D eigenvalue weighted by molar-refractivity contribution is 7.90. The molecule has 1 unspecified atom stereocenters. The quantitative estimate of drug-likeness (QED) is 0.685. The first kappa shape index (κ1) is 12.1. The smallest absolute Gasteiger partial charge is 0.211 e. The Kier molecular flexibility index (Phi) is 4.67. The van der Waals surface area contributed by atoms with E-state index in [1.54, 1.807) is 12.1 Å². The van der Waals surface area contributed by atoms with Gasteiger partial charge in [0, 0.05) is 6.54 Å². The minimum Gasteiger partial charge on any atom is -0.211 e. The second-order valence-corrected chi connectivity index (χ2v) is 5.03. The van der Waals surface area contributed by atoms with Crippen molar-refractivity contribution < 1.29 is 8.42 Å². The summed E-state index contributed by atoms with van der Waals surface area (Å²) in [4.78, 5) is 0. The van der Waals surface area contributed by atoms with E-state index >= 15 is 0 Å². The predicted octanol–water partition coefficient (Wildman–Crippen LogP) is 0.784. The van der Waals surface area contributed by atoms with Gasteiger partial charge in [-0.25, -0.2) is 13.1 Å². The summed E-state index contributed by atoms with van der Waals surface area (Å²) in [5, 5.41) is 7.39. The Morgan fingerprint density at radius 3 is 2.54 bits per heavy atom. The molecule has 0 rings (SSSR count). The molecule has 0 aromatic carbocycles. The third-order valence-electron chi connectivity index (χ3n) is 1.44. The molecule has 0 saturated carbocycles. The molecule has 0 aliphatic rings. The zero-order valence-corrected chi connectivity index (χ0v) is 8.85. The van der Waals surface area contributed by atoms with Gasteiger partial charge in [-0.1, -0.05) is 11.6 Å². The molecular weight excluding hydrogens is 188 g/mol. The van der Waals surface area contributed by atoms with Gasteiger partial charge < -0.3 is 0 Å². The van der Waals surface area contributed by atoms with E-state index in [1.165, 1.54) is 6.92 Å². The van der Waals surface area contributed by atoms with Crippen LogP contribution >= 0.6 is 0 Å². The molecule has 0 spiro atoms. The number of hydrogen-bond acceptors (Lipinski definition) is 3. The Labute approximate surface area is 79.3 Å². The first-order valence-electron chi connectivity index (χ1n) is 3.91. The SMILES string of the molecule is CC(C)=CCNS(=O)(=O)C(C)C#N. The summed E-state index contributed by atoms with van der Waals surface area (Å²) in [7, 11) is -3.46. The molecule has 0 amide bonds. The van der Waals surface area contributed by atoms with E-state index in [0.717, 1.165) is 5.57 Å². The van der Waals surface area contributed by atoms with Crippen molar-refractivity contribution in [2.45, 2.75) is 26.0 Å². The number of nitrogens with zero attached hydrogens (tertiary/aromatic N) is 1. The molecule has 0 heterocycles. The molecule has 0 radical (unpaired) electrons. The van der Waals surface area contributed by atoms with Crippen LogP contribution in [0.2, 0.25) is 0 Å². The van der Waals surface area contributed by atoms with Crippen LogP contribution in [0.5, 0.6) is 0 Å². The van der Waals surface area contributed by atoms with Gasteiger partial charge in [0.05, 0.1) is 6.07 Å². The van der Waals surface area contributed by atoms with Gasteiger partial charge in [0.25, 0.3) is 0 Å². The van der Waals surface area contributed by atoms with Gasteiger partial charge >= 0.3 is 0 Å². The van der Waals surface area contributed by atoms with Crippen molar-refractivity contribution in [3.05, 3.63) is 11.6 Å². The summed E-state index contributed by atoms with van der Waals surface area (Å²) >= 11 is 0. The van der Waals surface area contributed by atoms with Crippen LogP contribution < -0.4 is 4.72 Å². The van der Waals surface area contributed by atoms with Crippen molar-refractivity contribution in [3.8, 4) is 6.07 Å². The molecule has 4 nitrogen and oxygen atoms in total. The van der Waals surface area contributed by atoms with Crippen LogP contribution in [0.3, 0.4) is 0 Å². The van der Waals surface area contributed by atoms with E-state index in [2.05, 4.69) is 4.72 Å². The zero-order chi connectivity index (χ0) is 10.5. The van der Waals surface area contributed by atoms with E-state index in [9.17, 15) is 8.42 Å². The maximum atomic E-state index is 11.2. The first-order valence-corrected chi connectivity index (χ1v) is 5.46. The molecule has 0 bridgehead atoms. The Balaban J connectivity index is 4.23. The zero-order valence-electron chi connectivity index (χ0n) is 8.03. The largest absolute Gasteiger partial charge is 0.227 e. The topological polar surface area (TPSA) is 70.0 Å². The summed E-state index contributed by atoms with van der Waals surface area (Å²) in [6, 6.07) is 1.67. The van der Waals surface area contributed by atoms with Crippen LogP contribution in [0.15, 0.2) is 11.6 Å². The first-order chi connectivity index (χ1) is 5.90. The van der Waals surface area contributed by atoms with E-state index in [1.807, 2.05) is 13.8 Å². The van der Waals surface area contributed by atoms with Gasteiger partial charge in [-0.3, -0.25) is 0 Å². The van der Waals surface area contributed by atoms with Crippen LogP contribution in [0.25, 0.3) is 0 Å². The van der Waals surface area contributed by atoms with Crippen molar-refractivity contribution >= 4 is 10.0 Å². The lowest BCUT2D eigenvalue weighted by atomic mass is 10.3. The second kappa shape index (κ2) is 5.00. The highest BCUT2D eigenvalue weighted by Crippen LogP contribution is 1.96. The molecule has 0 aliphatic carbocycles. The highest BCUT2D eigenvalue weighted by atomic mass is 32.2. The van der Waals surface area contributed by atoms with Gasteiger partial charge in [0.2, 0.25) is 10.0 Å². The van der Waals surface area contributed by atoms with Crippen LogP contribution in [0, 0.1) is 11.3 Å². The predicted molar refractivity (Wildman–Crippen MR) is 51.4 cm³/mol. The van der Waals surface area contributed by atoms with Gasteiger partial charge in [-0.2, -0.15) is 5.26 Å². The maximum Gasteiger partial charge on any atom is 0.227 e. The average molecular weight is 202 g/mol.